The van der Waals surface area contributed by atoms with Crippen molar-refractivity contribution in [1.29, 1.82) is 0 Å². The molecule has 0 aliphatic heterocycles. The minimum absolute atomic E-state index is 0.269. The van der Waals surface area contributed by atoms with E-state index in [1.165, 1.54) is 7.11 Å². The van der Waals surface area contributed by atoms with Crippen LogP contribution in [0.1, 0.15) is 5.56 Å². The van der Waals surface area contributed by atoms with Crippen LogP contribution in [0.4, 0.5) is 4.39 Å². The normalized spacial score (nSPS) is 10.6. The van der Waals surface area contributed by atoms with Crippen molar-refractivity contribution in [2.24, 2.45) is 0 Å². The molecule has 0 bridgehead atoms. The Hall–Kier alpha value is -1.95. The summed E-state index contributed by atoms with van der Waals surface area (Å²) in [7, 11) is 1.46. The van der Waals surface area contributed by atoms with Crippen molar-refractivity contribution < 1.29 is 9.13 Å². The first-order valence-corrected chi connectivity index (χ1v) is 5.67. The van der Waals surface area contributed by atoms with E-state index in [-0.39, 0.29) is 11.6 Å². The summed E-state index contributed by atoms with van der Waals surface area (Å²) in [5.41, 5.74) is 0.591. The zero-order chi connectivity index (χ0) is 12.8. The number of methoxy groups -OCH3 is 1. The Morgan fingerprint density at radius 2 is 2.33 bits per heavy atom. The van der Waals surface area contributed by atoms with Gasteiger partial charge in [-0.25, -0.2) is 4.39 Å². The lowest BCUT2D eigenvalue weighted by molar-refractivity contribution is 0.383. The van der Waals surface area contributed by atoms with Gasteiger partial charge >= 0.3 is 0 Å². The summed E-state index contributed by atoms with van der Waals surface area (Å²) in [6.45, 7) is 1.85. The standard InChI is InChI=1S/C12H15FN4O/c1-18-11-4-2-3-10(12(11)13)9-14-5-7-17-8-6-15-16-17/h2-4,6,8,14H,5,7,9H2,1H3. The van der Waals surface area contributed by atoms with E-state index in [1.54, 1.807) is 35.3 Å². The Labute approximate surface area is 105 Å². The average Bonchev–Trinajstić information content (AvgIpc) is 2.89. The zero-order valence-electron chi connectivity index (χ0n) is 10.1. The van der Waals surface area contributed by atoms with Gasteiger partial charge < -0.3 is 10.1 Å². The molecule has 2 rings (SSSR count). The molecule has 0 aliphatic rings. The van der Waals surface area contributed by atoms with Crippen molar-refractivity contribution in [3.05, 3.63) is 42.0 Å². The Kier molecular flexibility index (Phi) is 4.25. The minimum Gasteiger partial charge on any atom is -0.494 e. The number of aromatic nitrogens is 3. The first-order chi connectivity index (χ1) is 8.81. The fraction of sp³-hybridized carbons (Fsp3) is 0.333. The van der Waals surface area contributed by atoms with Gasteiger partial charge in [-0.05, 0) is 6.07 Å². The molecule has 0 radical (unpaired) electrons. The number of rotatable bonds is 6. The maximum atomic E-state index is 13.8. The maximum Gasteiger partial charge on any atom is 0.169 e. The molecule has 0 aliphatic carbocycles. The van der Waals surface area contributed by atoms with Crippen LogP contribution in [0.5, 0.6) is 5.75 Å². The Morgan fingerprint density at radius 1 is 1.44 bits per heavy atom. The third-order valence-corrected chi connectivity index (χ3v) is 2.57. The van der Waals surface area contributed by atoms with Gasteiger partial charge in [0.05, 0.1) is 19.9 Å². The van der Waals surface area contributed by atoms with Gasteiger partial charge in [0.2, 0.25) is 0 Å². The molecule has 0 fully saturated rings. The first kappa shape index (κ1) is 12.5. The van der Waals surface area contributed by atoms with Crippen LogP contribution in [-0.2, 0) is 13.1 Å². The van der Waals surface area contributed by atoms with Gasteiger partial charge in [0.15, 0.2) is 11.6 Å². The number of hydrogen-bond acceptors (Lipinski definition) is 4. The predicted octanol–water partition coefficient (Wildman–Crippen LogP) is 1.22. The highest BCUT2D eigenvalue weighted by Gasteiger charge is 2.07. The summed E-state index contributed by atoms with van der Waals surface area (Å²) in [6.07, 6.45) is 3.41. The molecule has 0 amide bonds. The lowest BCUT2D eigenvalue weighted by atomic mass is 10.2. The Morgan fingerprint density at radius 3 is 3.06 bits per heavy atom. The van der Waals surface area contributed by atoms with E-state index in [2.05, 4.69) is 15.6 Å². The smallest absolute Gasteiger partial charge is 0.169 e. The van der Waals surface area contributed by atoms with Crippen molar-refractivity contribution in [2.45, 2.75) is 13.1 Å². The van der Waals surface area contributed by atoms with Crippen molar-refractivity contribution in [3.63, 3.8) is 0 Å². The molecule has 6 heteroatoms. The summed E-state index contributed by atoms with van der Waals surface area (Å²) < 4.78 is 20.4. The number of ether oxygens (including phenoxy) is 1. The van der Waals surface area contributed by atoms with Gasteiger partial charge in [-0.2, -0.15) is 0 Å². The van der Waals surface area contributed by atoms with Crippen LogP contribution in [-0.4, -0.2) is 28.6 Å². The van der Waals surface area contributed by atoms with Gasteiger partial charge in [-0.15, -0.1) is 5.10 Å². The lowest BCUT2D eigenvalue weighted by Gasteiger charge is -2.08. The molecule has 1 N–H and O–H groups in total. The van der Waals surface area contributed by atoms with E-state index in [0.29, 0.717) is 25.2 Å². The van der Waals surface area contributed by atoms with Gasteiger partial charge in [0.25, 0.3) is 0 Å². The maximum absolute atomic E-state index is 13.8. The van der Waals surface area contributed by atoms with Crippen molar-refractivity contribution in [3.8, 4) is 5.75 Å². The summed E-state index contributed by atoms with van der Waals surface area (Å²) in [5, 5.41) is 10.7. The third-order valence-electron chi connectivity index (χ3n) is 2.57. The van der Waals surface area contributed by atoms with Crippen LogP contribution < -0.4 is 10.1 Å². The van der Waals surface area contributed by atoms with Crippen molar-refractivity contribution in [2.75, 3.05) is 13.7 Å². The second-order valence-electron chi connectivity index (χ2n) is 3.78. The summed E-state index contributed by atoms with van der Waals surface area (Å²) in [5.74, 6) is -0.0427. The van der Waals surface area contributed by atoms with Gasteiger partial charge in [-0.3, -0.25) is 4.68 Å². The van der Waals surface area contributed by atoms with Crippen LogP contribution in [0.15, 0.2) is 30.6 Å². The largest absolute Gasteiger partial charge is 0.494 e. The molecule has 0 unspecified atom stereocenters. The molecule has 5 nitrogen and oxygen atoms in total. The Bertz CT molecular complexity index is 487. The average molecular weight is 250 g/mol. The fourth-order valence-corrected chi connectivity index (χ4v) is 1.62. The second kappa shape index (κ2) is 6.11. The first-order valence-electron chi connectivity index (χ1n) is 5.67. The van der Waals surface area contributed by atoms with E-state index in [9.17, 15) is 4.39 Å². The van der Waals surface area contributed by atoms with Gasteiger partial charge in [-0.1, -0.05) is 17.3 Å². The molecule has 0 spiro atoms. The highest BCUT2D eigenvalue weighted by molar-refractivity contribution is 5.30. The highest BCUT2D eigenvalue weighted by Crippen LogP contribution is 2.19. The molecule has 96 valence electrons. The molecule has 2 aromatic rings. The van der Waals surface area contributed by atoms with E-state index in [1.807, 2.05) is 0 Å². The lowest BCUT2D eigenvalue weighted by Crippen LogP contribution is -2.20. The Balaban J connectivity index is 1.83. The van der Waals surface area contributed by atoms with Crippen molar-refractivity contribution >= 4 is 0 Å². The molecule has 1 heterocycles. The summed E-state index contributed by atoms with van der Waals surface area (Å²) in [6, 6.07) is 5.12. The summed E-state index contributed by atoms with van der Waals surface area (Å²) in [4.78, 5) is 0. The molecule has 0 saturated carbocycles. The van der Waals surface area contributed by atoms with E-state index in [0.717, 1.165) is 0 Å². The number of hydrogen-bond donors (Lipinski definition) is 1. The number of nitrogens with one attached hydrogen (secondary N) is 1. The molecule has 1 aromatic carbocycles. The summed E-state index contributed by atoms with van der Waals surface area (Å²) >= 11 is 0. The number of nitrogens with zero attached hydrogens (tertiary/aromatic N) is 3. The van der Waals surface area contributed by atoms with Crippen LogP contribution in [0, 0.1) is 5.82 Å². The predicted molar refractivity (Wildman–Crippen MR) is 64.7 cm³/mol. The van der Waals surface area contributed by atoms with E-state index >= 15 is 0 Å². The van der Waals surface area contributed by atoms with E-state index in [4.69, 9.17) is 4.74 Å². The molecule has 0 saturated heterocycles. The minimum atomic E-state index is -0.312. The molecular formula is C12H15FN4O. The molecule has 18 heavy (non-hydrogen) atoms. The van der Waals surface area contributed by atoms with Crippen molar-refractivity contribution in [1.82, 2.24) is 20.3 Å². The zero-order valence-corrected chi connectivity index (χ0v) is 10.1. The topological polar surface area (TPSA) is 52.0 Å². The van der Waals surface area contributed by atoms with Crippen LogP contribution in [0.3, 0.4) is 0 Å². The van der Waals surface area contributed by atoms with Gasteiger partial charge in [0, 0.05) is 24.8 Å². The van der Waals surface area contributed by atoms with Gasteiger partial charge in [0.1, 0.15) is 0 Å². The van der Waals surface area contributed by atoms with Crippen LogP contribution in [0.25, 0.3) is 0 Å². The monoisotopic (exact) mass is 250 g/mol. The number of benzene rings is 1. The quantitative estimate of drug-likeness (QED) is 0.783. The highest BCUT2D eigenvalue weighted by atomic mass is 19.1. The van der Waals surface area contributed by atoms with E-state index < -0.39 is 0 Å². The second-order valence-corrected chi connectivity index (χ2v) is 3.78. The molecule has 0 atom stereocenters. The van der Waals surface area contributed by atoms with Crippen LogP contribution in [0.2, 0.25) is 0 Å². The fourth-order valence-electron chi connectivity index (χ4n) is 1.62. The SMILES string of the molecule is COc1cccc(CNCCn2ccnn2)c1F. The molecular weight excluding hydrogens is 235 g/mol. The molecule has 1 aromatic heterocycles. The number of halogens is 1. The third kappa shape index (κ3) is 3.04. The van der Waals surface area contributed by atoms with Crippen LogP contribution >= 0.6 is 0 Å².